The summed E-state index contributed by atoms with van der Waals surface area (Å²) in [7, 11) is 0. The quantitative estimate of drug-likeness (QED) is 0.577. The van der Waals surface area contributed by atoms with Gasteiger partial charge in [-0.15, -0.1) is 0 Å². The largest absolute Gasteiger partial charge is 0.337 e. The van der Waals surface area contributed by atoms with Gasteiger partial charge >= 0.3 is 0 Å². The third-order valence-corrected chi connectivity index (χ3v) is 2.35. The van der Waals surface area contributed by atoms with Crippen molar-refractivity contribution < 1.29 is 4.79 Å². The molecule has 0 aliphatic carbocycles. The lowest BCUT2D eigenvalue weighted by Gasteiger charge is -2.29. The highest BCUT2D eigenvalue weighted by atomic mass is 16.2. The molecule has 1 unspecified atom stereocenters. The molecule has 2 fully saturated rings. The highest BCUT2D eigenvalue weighted by molar-refractivity contribution is 5.79. The second-order valence-electron chi connectivity index (χ2n) is 3.01. The molecule has 2 heterocycles. The van der Waals surface area contributed by atoms with Crippen molar-refractivity contribution in [2.75, 3.05) is 19.6 Å². The van der Waals surface area contributed by atoms with Crippen LogP contribution in [0, 0.1) is 0 Å². The molecule has 3 nitrogen and oxygen atoms in total. The van der Waals surface area contributed by atoms with Gasteiger partial charge in [-0.25, -0.2) is 0 Å². The first-order valence-electron chi connectivity index (χ1n) is 4.88. The van der Waals surface area contributed by atoms with Gasteiger partial charge in [0.1, 0.15) is 0 Å². The Balaban J connectivity index is 0.000000336. The third-order valence-electron chi connectivity index (χ3n) is 2.35. The second-order valence-corrected chi connectivity index (χ2v) is 3.01. The van der Waals surface area contributed by atoms with Gasteiger partial charge in [-0.05, 0) is 12.8 Å². The van der Waals surface area contributed by atoms with Crippen LogP contribution in [-0.4, -0.2) is 36.5 Å². The number of carbonyl (C=O) groups excluding carboxylic acids is 1. The first-order valence-corrected chi connectivity index (χ1v) is 4.88. The molecule has 1 amide bonds. The van der Waals surface area contributed by atoms with Crippen LogP contribution in [0.3, 0.4) is 0 Å². The molecule has 0 aromatic carbocycles. The molecule has 2 aliphatic rings. The zero-order valence-electron chi connectivity index (χ0n) is 7.97. The standard InChI is InChI=1S/C7H12N2O.C2H6/c10-7-5-8-4-6-2-1-3-9(6)7;1-2/h6,8H,1-5H2;1-2H3. The zero-order chi connectivity index (χ0) is 8.97. The van der Waals surface area contributed by atoms with Crippen molar-refractivity contribution in [3.8, 4) is 0 Å². The van der Waals surface area contributed by atoms with Crippen LogP contribution < -0.4 is 5.32 Å². The van der Waals surface area contributed by atoms with Crippen LogP contribution >= 0.6 is 0 Å². The number of carbonyl (C=O) groups is 1. The van der Waals surface area contributed by atoms with Crippen LogP contribution in [0.2, 0.25) is 0 Å². The van der Waals surface area contributed by atoms with Crippen molar-refractivity contribution in [3.05, 3.63) is 0 Å². The highest BCUT2D eigenvalue weighted by Crippen LogP contribution is 2.18. The zero-order valence-corrected chi connectivity index (χ0v) is 7.97. The van der Waals surface area contributed by atoms with Gasteiger partial charge in [0.25, 0.3) is 0 Å². The minimum Gasteiger partial charge on any atom is -0.337 e. The number of rotatable bonds is 0. The Morgan fingerprint density at radius 1 is 1.50 bits per heavy atom. The third kappa shape index (κ3) is 1.78. The normalized spacial score (nSPS) is 27.7. The maximum atomic E-state index is 11.1. The number of hydrogen-bond acceptors (Lipinski definition) is 2. The van der Waals surface area contributed by atoms with Crippen molar-refractivity contribution in [3.63, 3.8) is 0 Å². The second kappa shape index (κ2) is 4.45. The molecule has 1 atom stereocenters. The number of piperazine rings is 1. The molecule has 0 aromatic heterocycles. The fourth-order valence-electron chi connectivity index (χ4n) is 1.82. The minimum atomic E-state index is 0.286. The predicted octanol–water partition coefficient (Wildman–Crippen LogP) is 0.607. The summed E-state index contributed by atoms with van der Waals surface area (Å²) in [6, 6.07) is 0.515. The van der Waals surface area contributed by atoms with Crippen LogP contribution in [0.25, 0.3) is 0 Å². The summed E-state index contributed by atoms with van der Waals surface area (Å²) in [6.07, 6.45) is 2.39. The van der Waals surface area contributed by atoms with Crippen LogP contribution in [-0.2, 0) is 4.79 Å². The summed E-state index contributed by atoms with van der Waals surface area (Å²) in [5.41, 5.74) is 0. The maximum Gasteiger partial charge on any atom is 0.236 e. The number of nitrogens with one attached hydrogen (secondary N) is 1. The Kier molecular flexibility index (Phi) is 3.53. The molecule has 1 N–H and O–H groups in total. The van der Waals surface area contributed by atoms with E-state index in [1.165, 1.54) is 12.8 Å². The van der Waals surface area contributed by atoms with E-state index in [0.717, 1.165) is 13.1 Å². The van der Waals surface area contributed by atoms with Crippen LogP contribution in [0.4, 0.5) is 0 Å². The molecule has 0 spiro atoms. The van der Waals surface area contributed by atoms with Crippen molar-refractivity contribution in [1.29, 1.82) is 0 Å². The van der Waals surface area contributed by atoms with Crippen molar-refractivity contribution in [1.82, 2.24) is 10.2 Å². The average Bonchev–Trinajstić information content (AvgIpc) is 2.57. The van der Waals surface area contributed by atoms with Gasteiger partial charge in [-0.3, -0.25) is 4.79 Å². The van der Waals surface area contributed by atoms with Crippen molar-refractivity contribution in [2.45, 2.75) is 32.7 Å². The summed E-state index contributed by atoms with van der Waals surface area (Å²) in [5, 5.41) is 3.11. The van der Waals surface area contributed by atoms with E-state index in [4.69, 9.17) is 0 Å². The van der Waals surface area contributed by atoms with E-state index < -0.39 is 0 Å². The average molecular weight is 170 g/mol. The van der Waals surface area contributed by atoms with Gasteiger partial charge in [0.2, 0.25) is 5.91 Å². The molecule has 2 aliphatic heterocycles. The van der Waals surface area contributed by atoms with E-state index in [0.29, 0.717) is 12.6 Å². The minimum absolute atomic E-state index is 0.286. The Morgan fingerprint density at radius 3 is 2.92 bits per heavy atom. The van der Waals surface area contributed by atoms with Crippen LogP contribution in [0.5, 0.6) is 0 Å². The Morgan fingerprint density at radius 2 is 2.25 bits per heavy atom. The lowest BCUT2D eigenvalue weighted by atomic mass is 10.2. The molecule has 0 bridgehead atoms. The van der Waals surface area contributed by atoms with E-state index >= 15 is 0 Å². The molecule has 2 saturated heterocycles. The van der Waals surface area contributed by atoms with Gasteiger partial charge in [0, 0.05) is 19.1 Å². The maximum absolute atomic E-state index is 11.1. The summed E-state index contributed by atoms with van der Waals surface area (Å²) >= 11 is 0. The molecule has 3 heteroatoms. The van der Waals surface area contributed by atoms with E-state index in [1.807, 2.05) is 18.7 Å². The summed E-state index contributed by atoms with van der Waals surface area (Å²) < 4.78 is 0. The smallest absolute Gasteiger partial charge is 0.236 e. The molecular formula is C9H18N2O. The molecule has 0 aromatic rings. The molecule has 70 valence electrons. The molecular weight excluding hydrogens is 152 g/mol. The highest BCUT2D eigenvalue weighted by Gasteiger charge is 2.31. The Labute approximate surface area is 74.1 Å². The molecule has 0 saturated carbocycles. The lowest BCUT2D eigenvalue weighted by molar-refractivity contribution is -0.132. The summed E-state index contributed by atoms with van der Waals surface area (Å²) in [6.45, 7) is 6.55. The Hall–Kier alpha value is -0.570. The Bertz CT molecular complexity index is 159. The fraction of sp³-hybridized carbons (Fsp3) is 0.889. The van der Waals surface area contributed by atoms with Gasteiger partial charge in [-0.1, -0.05) is 13.8 Å². The van der Waals surface area contributed by atoms with Gasteiger partial charge in [-0.2, -0.15) is 0 Å². The summed E-state index contributed by atoms with van der Waals surface area (Å²) in [5.74, 6) is 0.286. The van der Waals surface area contributed by atoms with E-state index in [1.54, 1.807) is 0 Å². The van der Waals surface area contributed by atoms with Crippen LogP contribution in [0.15, 0.2) is 0 Å². The molecule has 12 heavy (non-hydrogen) atoms. The van der Waals surface area contributed by atoms with Crippen LogP contribution in [0.1, 0.15) is 26.7 Å². The van der Waals surface area contributed by atoms with E-state index in [-0.39, 0.29) is 5.91 Å². The van der Waals surface area contributed by atoms with Gasteiger partial charge in [0.05, 0.1) is 6.54 Å². The van der Waals surface area contributed by atoms with E-state index in [2.05, 4.69) is 5.32 Å². The first-order chi connectivity index (χ1) is 5.88. The number of amides is 1. The van der Waals surface area contributed by atoms with Crippen molar-refractivity contribution >= 4 is 5.91 Å². The lowest BCUT2D eigenvalue weighted by Crippen LogP contribution is -2.51. The summed E-state index contributed by atoms with van der Waals surface area (Å²) in [4.78, 5) is 13.1. The number of fused-ring (bicyclic) bond motifs is 1. The number of hydrogen-bond donors (Lipinski definition) is 1. The monoisotopic (exact) mass is 170 g/mol. The SMILES string of the molecule is CC.O=C1CNCC2CCCN12. The molecule has 2 rings (SSSR count). The van der Waals surface area contributed by atoms with Gasteiger partial charge in [0.15, 0.2) is 0 Å². The van der Waals surface area contributed by atoms with Gasteiger partial charge < -0.3 is 10.2 Å². The van der Waals surface area contributed by atoms with E-state index in [9.17, 15) is 4.79 Å². The molecule has 0 radical (unpaired) electrons. The fourth-order valence-corrected chi connectivity index (χ4v) is 1.82. The topological polar surface area (TPSA) is 32.3 Å². The number of nitrogens with zero attached hydrogens (tertiary/aromatic N) is 1. The first kappa shape index (κ1) is 9.52. The predicted molar refractivity (Wildman–Crippen MR) is 49.0 cm³/mol. The van der Waals surface area contributed by atoms with Crippen molar-refractivity contribution in [2.24, 2.45) is 0 Å².